The van der Waals surface area contributed by atoms with Gasteiger partial charge >= 0.3 is 7.12 Å². The molecule has 3 nitrogen and oxygen atoms in total. The lowest BCUT2D eigenvalue weighted by atomic mass is 9.78. The van der Waals surface area contributed by atoms with Crippen LogP contribution in [0.3, 0.4) is 0 Å². The van der Waals surface area contributed by atoms with E-state index in [9.17, 15) is 8.78 Å². The van der Waals surface area contributed by atoms with Gasteiger partial charge in [-0.2, -0.15) is 0 Å². The average molecular weight is 285 g/mol. The summed E-state index contributed by atoms with van der Waals surface area (Å²) in [5, 5.41) is 0. The van der Waals surface area contributed by atoms with Crippen LogP contribution in [0, 0.1) is 11.6 Å². The molecule has 112 valence electrons. The van der Waals surface area contributed by atoms with E-state index in [1.165, 1.54) is 6.07 Å². The molecular weight excluding hydrogens is 263 g/mol. The van der Waals surface area contributed by atoms with Gasteiger partial charge in [-0.1, -0.05) is 13.8 Å². The maximum atomic E-state index is 13.7. The van der Waals surface area contributed by atoms with Crippen LogP contribution >= 0.6 is 0 Å². The minimum absolute atomic E-state index is 0.118. The van der Waals surface area contributed by atoms with Gasteiger partial charge in [0, 0.05) is 11.5 Å². The van der Waals surface area contributed by atoms with E-state index in [0.29, 0.717) is 0 Å². The van der Waals surface area contributed by atoms with Crippen molar-refractivity contribution in [3.63, 3.8) is 0 Å². The van der Waals surface area contributed by atoms with Gasteiger partial charge in [-0.3, -0.25) is 0 Å². The monoisotopic (exact) mass is 285 g/mol. The minimum Gasteiger partial charge on any atom is -0.399 e. The van der Waals surface area contributed by atoms with Crippen LogP contribution in [0.25, 0.3) is 0 Å². The van der Waals surface area contributed by atoms with Crippen LogP contribution in [-0.2, 0) is 9.31 Å². The Bertz CT molecular complexity index is 476. The van der Waals surface area contributed by atoms with Crippen molar-refractivity contribution in [3.05, 3.63) is 23.8 Å². The molecular formula is C14H22BF2NO2. The van der Waals surface area contributed by atoms with E-state index in [4.69, 9.17) is 15.0 Å². The third-order valence-corrected chi connectivity index (χ3v) is 3.62. The summed E-state index contributed by atoms with van der Waals surface area (Å²) < 4.78 is 38.2. The molecule has 0 amide bonds. The van der Waals surface area contributed by atoms with Gasteiger partial charge in [0.2, 0.25) is 0 Å². The van der Waals surface area contributed by atoms with E-state index in [1.54, 1.807) is 0 Å². The van der Waals surface area contributed by atoms with Crippen LogP contribution in [0.5, 0.6) is 0 Å². The van der Waals surface area contributed by atoms with Crippen LogP contribution < -0.4 is 11.2 Å². The fourth-order valence-corrected chi connectivity index (χ4v) is 1.73. The topological polar surface area (TPSA) is 44.5 Å². The molecule has 0 radical (unpaired) electrons. The van der Waals surface area contributed by atoms with Crippen molar-refractivity contribution in [3.8, 4) is 0 Å². The standard InChI is InChI=1S/C12H16BF2NO2.C2H6/c1-11(2)12(3,4)18-13(17-11)7-5-10(16)9(15)6-8(7)14;1-2/h5-6H,16H2,1-4H3;1-2H3. The number of nitrogen functional groups attached to an aromatic ring is 1. The van der Waals surface area contributed by atoms with Gasteiger partial charge in [-0.15, -0.1) is 0 Å². The number of hydrogen-bond donors (Lipinski definition) is 1. The number of halogens is 2. The van der Waals surface area contributed by atoms with Gasteiger partial charge in [0.15, 0.2) is 0 Å². The predicted molar refractivity (Wildman–Crippen MR) is 77.8 cm³/mol. The molecule has 2 rings (SSSR count). The summed E-state index contributed by atoms with van der Waals surface area (Å²) in [7, 11) is -0.877. The molecule has 1 aliphatic heterocycles. The molecule has 0 atom stereocenters. The summed E-state index contributed by atoms with van der Waals surface area (Å²) in [6.45, 7) is 11.4. The SMILES string of the molecule is CC.CC1(C)OB(c2cc(N)c(F)cc2F)OC1(C)C. The average Bonchev–Trinajstić information content (AvgIpc) is 2.55. The number of nitrogens with two attached hydrogens (primary N) is 1. The second-order valence-corrected chi connectivity index (χ2v) is 5.48. The summed E-state index contributed by atoms with van der Waals surface area (Å²) in [5.74, 6) is -1.51. The second kappa shape index (κ2) is 5.70. The molecule has 1 fully saturated rings. The fraction of sp³-hybridized carbons (Fsp3) is 0.571. The number of anilines is 1. The Morgan fingerprint density at radius 2 is 1.40 bits per heavy atom. The Balaban J connectivity index is 0.000000956. The van der Waals surface area contributed by atoms with Gasteiger partial charge in [0.25, 0.3) is 0 Å². The van der Waals surface area contributed by atoms with E-state index < -0.39 is 30.0 Å². The van der Waals surface area contributed by atoms with Crippen molar-refractivity contribution >= 4 is 18.3 Å². The highest BCUT2D eigenvalue weighted by molar-refractivity contribution is 6.62. The first kappa shape index (κ1) is 16.9. The summed E-state index contributed by atoms with van der Waals surface area (Å²) in [5.41, 5.74) is 4.28. The van der Waals surface area contributed by atoms with Crippen LogP contribution in [-0.4, -0.2) is 18.3 Å². The lowest BCUT2D eigenvalue weighted by Crippen LogP contribution is -2.41. The molecule has 6 heteroatoms. The van der Waals surface area contributed by atoms with Crippen molar-refractivity contribution in [2.75, 3.05) is 5.73 Å². The molecule has 20 heavy (non-hydrogen) atoms. The van der Waals surface area contributed by atoms with Crippen LogP contribution in [0.1, 0.15) is 41.5 Å². The van der Waals surface area contributed by atoms with E-state index in [0.717, 1.165) is 6.07 Å². The molecule has 1 heterocycles. The fourth-order valence-electron chi connectivity index (χ4n) is 1.73. The molecule has 0 spiro atoms. The summed E-state index contributed by atoms with van der Waals surface area (Å²) in [6, 6.07) is 1.96. The minimum atomic E-state index is -0.877. The third-order valence-electron chi connectivity index (χ3n) is 3.62. The van der Waals surface area contributed by atoms with Crippen molar-refractivity contribution in [2.45, 2.75) is 52.7 Å². The molecule has 0 aromatic heterocycles. The van der Waals surface area contributed by atoms with Crippen LogP contribution in [0.2, 0.25) is 0 Å². The van der Waals surface area contributed by atoms with Crippen LogP contribution in [0.15, 0.2) is 12.1 Å². The zero-order valence-corrected chi connectivity index (χ0v) is 12.9. The first-order valence-corrected chi connectivity index (χ1v) is 6.74. The molecule has 2 N–H and O–H groups in total. The maximum Gasteiger partial charge on any atom is 0.497 e. The van der Waals surface area contributed by atoms with E-state index in [-0.39, 0.29) is 11.2 Å². The first-order chi connectivity index (χ1) is 9.14. The lowest BCUT2D eigenvalue weighted by molar-refractivity contribution is 0.00578. The van der Waals surface area contributed by atoms with Gasteiger partial charge in [0.1, 0.15) is 11.6 Å². The number of rotatable bonds is 1. The summed E-state index contributed by atoms with van der Waals surface area (Å²) in [6.07, 6.45) is 0. The smallest absolute Gasteiger partial charge is 0.399 e. The first-order valence-electron chi connectivity index (χ1n) is 6.74. The second-order valence-electron chi connectivity index (χ2n) is 5.48. The summed E-state index contributed by atoms with van der Waals surface area (Å²) >= 11 is 0. The van der Waals surface area contributed by atoms with Crippen LogP contribution in [0.4, 0.5) is 14.5 Å². The highest BCUT2D eigenvalue weighted by Crippen LogP contribution is 2.36. The van der Waals surface area contributed by atoms with E-state index in [1.807, 2.05) is 41.5 Å². The molecule has 0 aliphatic carbocycles. The van der Waals surface area contributed by atoms with Gasteiger partial charge < -0.3 is 15.0 Å². The van der Waals surface area contributed by atoms with Crippen molar-refractivity contribution in [1.82, 2.24) is 0 Å². The Hall–Kier alpha value is -1.14. The zero-order chi connectivity index (χ0) is 15.7. The normalized spacial score (nSPS) is 19.5. The van der Waals surface area contributed by atoms with Crippen molar-refractivity contribution in [1.29, 1.82) is 0 Å². The Morgan fingerprint density at radius 1 is 0.950 bits per heavy atom. The van der Waals surface area contributed by atoms with E-state index >= 15 is 0 Å². The largest absolute Gasteiger partial charge is 0.497 e. The molecule has 0 unspecified atom stereocenters. The number of hydrogen-bond acceptors (Lipinski definition) is 3. The van der Waals surface area contributed by atoms with Crippen molar-refractivity contribution < 1.29 is 18.1 Å². The van der Waals surface area contributed by atoms with Crippen molar-refractivity contribution in [2.24, 2.45) is 0 Å². The number of benzene rings is 1. The highest BCUT2D eigenvalue weighted by atomic mass is 19.1. The highest BCUT2D eigenvalue weighted by Gasteiger charge is 2.52. The van der Waals surface area contributed by atoms with Gasteiger partial charge in [0.05, 0.1) is 16.9 Å². The Labute approximate surface area is 119 Å². The quantitative estimate of drug-likeness (QED) is 0.637. The maximum absolute atomic E-state index is 13.7. The lowest BCUT2D eigenvalue weighted by Gasteiger charge is -2.32. The Morgan fingerprint density at radius 3 is 1.85 bits per heavy atom. The molecule has 1 saturated heterocycles. The Kier molecular flexibility index (Phi) is 4.82. The third kappa shape index (κ3) is 2.96. The molecule has 1 aliphatic rings. The molecule has 1 aromatic rings. The molecule has 0 bridgehead atoms. The summed E-state index contributed by atoms with van der Waals surface area (Å²) in [4.78, 5) is 0. The van der Waals surface area contributed by atoms with E-state index in [2.05, 4.69) is 0 Å². The molecule has 1 aromatic carbocycles. The predicted octanol–water partition coefficient (Wildman–Crippen LogP) is 2.87. The van der Waals surface area contributed by atoms with Gasteiger partial charge in [-0.05, 0) is 33.8 Å². The molecule has 0 saturated carbocycles. The zero-order valence-electron chi connectivity index (χ0n) is 12.9. The van der Waals surface area contributed by atoms with Gasteiger partial charge in [-0.25, -0.2) is 8.78 Å².